The molecule has 1 aromatic rings. The fraction of sp³-hybridized carbons (Fsp3) is 0.562. The molecule has 0 spiro atoms. The second-order valence-corrected chi connectivity index (χ2v) is 5.26. The number of carbonyl (C=O) groups is 1. The maximum Gasteiger partial charge on any atom is 0.222 e. The van der Waals surface area contributed by atoms with Crippen molar-refractivity contribution in [1.82, 2.24) is 5.32 Å². The van der Waals surface area contributed by atoms with E-state index in [4.69, 9.17) is 4.74 Å². The Morgan fingerprint density at radius 2 is 2.15 bits per heavy atom. The highest BCUT2D eigenvalue weighted by Gasteiger charge is 2.15. The van der Waals surface area contributed by atoms with E-state index in [0.29, 0.717) is 6.54 Å². The van der Waals surface area contributed by atoms with Gasteiger partial charge in [-0.2, -0.15) is 0 Å². The van der Waals surface area contributed by atoms with Crippen molar-refractivity contribution in [1.29, 1.82) is 0 Å². The Morgan fingerprint density at radius 1 is 1.35 bits per heavy atom. The Kier molecular flexibility index (Phi) is 6.02. The van der Waals surface area contributed by atoms with Crippen LogP contribution >= 0.6 is 0 Å². The van der Waals surface area contributed by atoms with E-state index in [1.807, 2.05) is 30.3 Å². The first-order valence-corrected chi connectivity index (χ1v) is 7.37. The molecule has 0 aromatic heterocycles. The molecule has 2 rings (SSSR count). The van der Waals surface area contributed by atoms with Crippen molar-refractivity contribution in [2.75, 3.05) is 13.2 Å². The molecule has 2 unspecified atom stereocenters. The van der Waals surface area contributed by atoms with E-state index in [2.05, 4.69) is 5.32 Å². The second-order valence-electron chi connectivity index (χ2n) is 5.26. The summed E-state index contributed by atoms with van der Waals surface area (Å²) in [7, 11) is 0. The minimum Gasteiger partial charge on any atom is -0.388 e. The minimum absolute atomic E-state index is 0.107. The molecule has 1 aromatic carbocycles. The van der Waals surface area contributed by atoms with Gasteiger partial charge in [-0.05, 0) is 31.2 Å². The van der Waals surface area contributed by atoms with Gasteiger partial charge in [0.25, 0.3) is 0 Å². The lowest BCUT2D eigenvalue weighted by Crippen LogP contribution is -2.30. The third-order valence-corrected chi connectivity index (χ3v) is 3.63. The highest BCUT2D eigenvalue weighted by atomic mass is 16.5. The first-order valence-electron chi connectivity index (χ1n) is 7.37. The summed E-state index contributed by atoms with van der Waals surface area (Å²) in [5.41, 5.74) is 0.776. The molecule has 110 valence electrons. The highest BCUT2D eigenvalue weighted by molar-refractivity contribution is 5.76. The molecule has 0 bridgehead atoms. The van der Waals surface area contributed by atoms with Crippen molar-refractivity contribution >= 4 is 5.91 Å². The van der Waals surface area contributed by atoms with Crippen LogP contribution in [0.1, 0.15) is 43.8 Å². The van der Waals surface area contributed by atoms with Crippen LogP contribution in [0.25, 0.3) is 0 Å². The van der Waals surface area contributed by atoms with E-state index >= 15 is 0 Å². The molecule has 1 aliphatic heterocycles. The summed E-state index contributed by atoms with van der Waals surface area (Å²) in [6, 6.07) is 9.26. The van der Waals surface area contributed by atoms with Crippen molar-refractivity contribution in [3.05, 3.63) is 35.9 Å². The largest absolute Gasteiger partial charge is 0.388 e. The molecule has 2 atom stereocenters. The number of aliphatic hydroxyl groups is 1. The standard InChI is InChI=1S/C16H23NO3/c18-15(13-6-2-1-3-7-13)12-16(19)17-10-9-14-8-4-5-11-20-14/h1-3,6-7,14-15,18H,4-5,8-12H2,(H,17,19). The SMILES string of the molecule is O=C(CC(O)c1ccccc1)NCCC1CCCCO1. The first-order chi connectivity index (χ1) is 9.75. The average Bonchev–Trinajstić information content (AvgIpc) is 2.49. The van der Waals surface area contributed by atoms with Gasteiger partial charge in [-0.3, -0.25) is 4.79 Å². The number of nitrogens with one attached hydrogen (secondary N) is 1. The average molecular weight is 277 g/mol. The van der Waals surface area contributed by atoms with Crippen LogP contribution in [-0.4, -0.2) is 30.3 Å². The molecule has 1 fully saturated rings. The lowest BCUT2D eigenvalue weighted by Gasteiger charge is -2.22. The Hall–Kier alpha value is -1.39. The number of hydrogen-bond donors (Lipinski definition) is 2. The van der Waals surface area contributed by atoms with Crippen LogP contribution in [0.15, 0.2) is 30.3 Å². The van der Waals surface area contributed by atoms with Crippen molar-refractivity contribution in [3.63, 3.8) is 0 Å². The molecule has 1 amide bonds. The van der Waals surface area contributed by atoms with Gasteiger partial charge in [0.2, 0.25) is 5.91 Å². The molecule has 0 radical (unpaired) electrons. The van der Waals surface area contributed by atoms with Gasteiger partial charge in [-0.25, -0.2) is 0 Å². The fourth-order valence-corrected chi connectivity index (χ4v) is 2.45. The zero-order valence-electron chi connectivity index (χ0n) is 11.8. The Labute approximate surface area is 120 Å². The van der Waals surface area contributed by atoms with Gasteiger partial charge in [0.1, 0.15) is 0 Å². The number of carbonyl (C=O) groups excluding carboxylic acids is 1. The normalized spacial score (nSPS) is 20.4. The molecular formula is C16H23NO3. The fourth-order valence-electron chi connectivity index (χ4n) is 2.45. The third-order valence-electron chi connectivity index (χ3n) is 3.63. The van der Waals surface area contributed by atoms with Gasteiger partial charge >= 0.3 is 0 Å². The van der Waals surface area contributed by atoms with Crippen LogP contribution in [0.4, 0.5) is 0 Å². The van der Waals surface area contributed by atoms with Crippen LogP contribution in [0.3, 0.4) is 0 Å². The van der Waals surface area contributed by atoms with Gasteiger partial charge in [0.15, 0.2) is 0 Å². The summed E-state index contributed by atoms with van der Waals surface area (Å²) in [5.74, 6) is -0.114. The molecule has 2 N–H and O–H groups in total. The zero-order chi connectivity index (χ0) is 14.2. The molecule has 4 heteroatoms. The number of hydrogen-bond acceptors (Lipinski definition) is 3. The smallest absolute Gasteiger partial charge is 0.222 e. The summed E-state index contributed by atoms with van der Waals surface area (Å²) in [6.45, 7) is 1.45. The molecule has 1 heterocycles. The van der Waals surface area contributed by atoms with E-state index in [0.717, 1.165) is 31.4 Å². The molecule has 0 saturated carbocycles. The van der Waals surface area contributed by atoms with Crippen molar-refractivity contribution in [2.45, 2.75) is 44.3 Å². The maximum absolute atomic E-state index is 11.8. The third kappa shape index (κ3) is 4.94. The lowest BCUT2D eigenvalue weighted by atomic mass is 10.1. The number of amides is 1. The monoisotopic (exact) mass is 277 g/mol. The zero-order valence-corrected chi connectivity index (χ0v) is 11.8. The maximum atomic E-state index is 11.8. The van der Waals surface area contributed by atoms with Gasteiger partial charge in [-0.1, -0.05) is 30.3 Å². The van der Waals surface area contributed by atoms with E-state index in [-0.39, 0.29) is 18.4 Å². The van der Waals surface area contributed by atoms with Gasteiger partial charge in [0, 0.05) is 13.2 Å². The molecule has 1 saturated heterocycles. The van der Waals surface area contributed by atoms with E-state index in [1.165, 1.54) is 6.42 Å². The van der Waals surface area contributed by atoms with Gasteiger partial charge < -0.3 is 15.2 Å². The van der Waals surface area contributed by atoms with Crippen LogP contribution in [0, 0.1) is 0 Å². The minimum atomic E-state index is -0.734. The summed E-state index contributed by atoms with van der Waals surface area (Å²) >= 11 is 0. The van der Waals surface area contributed by atoms with Crippen molar-refractivity contribution in [3.8, 4) is 0 Å². The summed E-state index contributed by atoms with van der Waals surface area (Å²) < 4.78 is 5.61. The molecule has 20 heavy (non-hydrogen) atoms. The van der Waals surface area contributed by atoms with E-state index in [1.54, 1.807) is 0 Å². The topological polar surface area (TPSA) is 58.6 Å². The number of aliphatic hydroxyl groups excluding tert-OH is 1. The van der Waals surface area contributed by atoms with Crippen molar-refractivity contribution in [2.24, 2.45) is 0 Å². The summed E-state index contributed by atoms with van der Waals surface area (Å²) in [4.78, 5) is 11.8. The Balaban J connectivity index is 1.65. The second kappa shape index (κ2) is 8.02. The summed E-state index contributed by atoms with van der Waals surface area (Å²) in [6.07, 6.45) is 3.95. The number of benzene rings is 1. The molecule has 1 aliphatic rings. The predicted molar refractivity (Wildman–Crippen MR) is 77.2 cm³/mol. The molecule has 0 aliphatic carbocycles. The number of ether oxygens (including phenoxy) is 1. The Morgan fingerprint density at radius 3 is 2.85 bits per heavy atom. The molecule has 4 nitrogen and oxygen atoms in total. The van der Waals surface area contributed by atoms with Gasteiger partial charge in [-0.15, -0.1) is 0 Å². The van der Waals surface area contributed by atoms with E-state index < -0.39 is 6.10 Å². The van der Waals surface area contributed by atoms with Crippen LogP contribution in [-0.2, 0) is 9.53 Å². The van der Waals surface area contributed by atoms with Crippen molar-refractivity contribution < 1.29 is 14.6 Å². The van der Waals surface area contributed by atoms with Crippen LogP contribution in [0.5, 0.6) is 0 Å². The predicted octanol–water partition coefficient (Wildman–Crippen LogP) is 2.19. The van der Waals surface area contributed by atoms with Crippen LogP contribution < -0.4 is 5.32 Å². The highest BCUT2D eigenvalue weighted by Crippen LogP contribution is 2.16. The van der Waals surface area contributed by atoms with Gasteiger partial charge in [0.05, 0.1) is 18.6 Å². The van der Waals surface area contributed by atoms with E-state index in [9.17, 15) is 9.90 Å². The lowest BCUT2D eigenvalue weighted by molar-refractivity contribution is -0.123. The van der Waals surface area contributed by atoms with Crippen LogP contribution in [0.2, 0.25) is 0 Å². The summed E-state index contributed by atoms with van der Waals surface area (Å²) in [5, 5.41) is 12.8. The Bertz CT molecular complexity index is 401. The quantitative estimate of drug-likeness (QED) is 0.838. The molecular weight excluding hydrogens is 254 g/mol. The number of rotatable bonds is 6. The first kappa shape index (κ1) is 15.0.